The number of hydrogen-bond acceptors (Lipinski definition) is 6. The van der Waals surface area contributed by atoms with E-state index in [9.17, 15) is 19.5 Å². The maximum atomic E-state index is 13.2. The summed E-state index contributed by atoms with van der Waals surface area (Å²) in [5.41, 5.74) is 2.87. The minimum atomic E-state index is -1.13. The first-order valence-electron chi connectivity index (χ1n) is 12.4. The number of aliphatic carboxylic acids is 1. The number of aryl methyl sites for hydroxylation is 1. The summed E-state index contributed by atoms with van der Waals surface area (Å²) in [6, 6.07) is 9.44. The first-order valence-corrected chi connectivity index (χ1v) is 13.4. The molecule has 1 aliphatic rings. The van der Waals surface area contributed by atoms with E-state index in [0.717, 1.165) is 18.4 Å². The lowest BCUT2D eigenvalue weighted by molar-refractivity contribution is -0.141. The Kier molecular flexibility index (Phi) is 7.89. The molecule has 1 amide bonds. The summed E-state index contributed by atoms with van der Waals surface area (Å²) in [6.45, 7) is 10.7. The molecule has 9 nitrogen and oxygen atoms in total. The number of carboxylic acids is 1. The summed E-state index contributed by atoms with van der Waals surface area (Å²) in [6.07, 6.45) is 3.60. The third-order valence-electron chi connectivity index (χ3n) is 6.73. The molecule has 1 aliphatic heterocycles. The van der Waals surface area contributed by atoms with Crippen LogP contribution in [0.15, 0.2) is 59.5 Å². The van der Waals surface area contributed by atoms with Crippen LogP contribution in [0.5, 0.6) is 0 Å². The molecule has 2 atom stereocenters. The summed E-state index contributed by atoms with van der Waals surface area (Å²) >= 11 is 1.69. The second-order valence-corrected chi connectivity index (χ2v) is 11.4. The van der Waals surface area contributed by atoms with Crippen LogP contribution in [0.1, 0.15) is 39.2 Å². The van der Waals surface area contributed by atoms with Crippen LogP contribution in [0.4, 0.5) is 0 Å². The monoisotopic (exact) mass is 523 g/mol. The smallest absolute Gasteiger partial charge is 0.334 e. The van der Waals surface area contributed by atoms with E-state index in [1.54, 1.807) is 51.4 Å². The topological polar surface area (TPSA) is 118 Å². The molecule has 3 heterocycles. The van der Waals surface area contributed by atoms with Crippen molar-refractivity contribution in [1.29, 1.82) is 0 Å². The van der Waals surface area contributed by atoms with Gasteiger partial charge in [-0.05, 0) is 50.1 Å². The van der Waals surface area contributed by atoms with Crippen LogP contribution >= 0.6 is 11.8 Å². The maximum absolute atomic E-state index is 13.2. The van der Waals surface area contributed by atoms with Gasteiger partial charge in [0.25, 0.3) is 0 Å². The molecule has 0 aliphatic carbocycles. The van der Waals surface area contributed by atoms with Crippen molar-refractivity contribution in [1.82, 2.24) is 24.8 Å². The number of benzene rings is 1. The van der Waals surface area contributed by atoms with Gasteiger partial charge < -0.3 is 10.4 Å². The zero-order chi connectivity index (χ0) is 26.7. The molecule has 0 radical (unpaired) electrons. The highest BCUT2D eigenvalue weighted by Crippen LogP contribution is 2.36. The van der Waals surface area contributed by atoms with Gasteiger partial charge in [-0.15, -0.1) is 11.8 Å². The summed E-state index contributed by atoms with van der Waals surface area (Å²) in [7, 11) is 0. The van der Waals surface area contributed by atoms with Gasteiger partial charge in [0.05, 0.1) is 17.2 Å². The minimum absolute atomic E-state index is 0.0935. The lowest BCUT2D eigenvalue weighted by Crippen LogP contribution is -2.48. The number of nitrogens with one attached hydrogen (secondary N) is 2. The number of fused-ring (bicyclic) bond motifs is 1. The minimum Gasteiger partial charge on any atom is -0.480 e. The van der Waals surface area contributed by atoms with Gasteiger partial charge >= 0.3 is 11.7 Å². The van der Waals surface area contributed by atoms with E-state index in [-0.39, 0.29) is 22.9 Å². The number of hydrogen-bond donors (Lipinski definition) is 3. The van der Waals surface area contributed by atoms with Gasteiger partial charge in [-0.25, -0.2) is 19.1 Å². The van der Waals surface area contributed by atoms with Gasteiger partial charge in [-0.3, -0.25) is 14.7 Å². The fourth-order valence-corrected chi connectivity index (χ4v) is 5.65. The van der Waals surface area contributed by atoms with Crippen molar-refractivity contribution in [2.75, 3.05) is 5.88 Å². The number of nitrogens with zero attached hydrogens (tertiary/aromatic N) is 3. The predicted octanol–water partition coefficient (Wildman–Crippen LogP) is 3.10. The zero-order valence-corrected chi connectivity index (χ0v) is 22.2. The molecule has 1 fully saturated rings. The number of aromatic nitrogens is 3. The van der Waals surface area contributed by atoms with E-state index in [1.807, 2.05) is 26.0 Å². The number of pyridine rings is 1. The fraction of sp³-hybridized carbons (Fsp3) is 0.407. The van der Waals surface area contributed by atoms with E-state index >= 15 is 0 Å². The predicted molar refractivity (Wildman–Crippen MR) is 146 cm³/mol. The molecule has 3 aromatic rings. The number of rotatable bonds is 10. The van der Waals surface area contributed by atoms with Crippen LogP contribution in [-0.4, -0.2) is 53.8 Å². The lowest BCUT2D eigenvalue weighted by atomic mass is 9.95. The van der Waals surface area contributed by atoms with E-state index in [1.165, 1.54) is 0 Å². The van der Waals surface area contributed by atoms with E-state index < -0.39 is 17.9 Å². The van der Waals surface area contributed by atoms with Crippen molar-refractivity contribution in [3.8, 4) is 5.69 Å². The molecule has 3 N–H and O–H groups in total. The average Bonchev–Trinajstić information content (AvgIpc) is 3.37. The number of thioether (sulfide) groups is 1. The van der Waals surface area contributed by atoms with Crippen LogP contribution in [0.25, 0.3) is 16.9 Å². The standard InChI is InChI=1S/C27H33N5O4S/c1-5-6-14-31-21-8-7-13-28-23(21)32(26(31)36)19-11-9-18(10-12-19)15-20(25(34)35)30-24(33)17(2)22-27(3,4)37-16-29-22/h7-13,20,22,29H,2,5-6,14-16H2,1,3-4H3,(H,30,33)(H,34,35)/t20-,22+/m0/s1. The van der Waals surface area contributed by atoms with Crippen LogP contribution in [-0.2, 0) is 22.6 Å². The van der Waals surface area contributed by atoms with Gasteiger partial charge in [-0.1, -0.05) is 32.1 Å². The number of unbranched alkanes of at least 4 members (excludes halogenated alkanes) is 1. The Balaban J connectivity index is 1.53. The van der Waals surface area contributed by atoms with E-state index in [2.05, 4.69) is 29.1 Å². The summed E-state index contributed by atoms with van der Waals surface area (Å²) in [4.78, 5) is 42.5. The van der Waals surface area contributed by atoms with E-state index in [0.29, 0.717) is 34.9 Å². The molecule has 196 valence electrons. The first-order chi connectivity index (χ1) is 17.6. The third-order valence-corrected chi connectivity index (χ3v) is 8.02. The van der Waals surface area contributed by atoms with Crippen molar-refractivity contribution < 1.29 is 14.7 Å². The second-order valence-electron chi connectivity index (χ2n) is 9.76. The number of carbonyl (C=O) groups is 2. The van der Waals surface area contributed by atoms with Crippen LogP contribution in [0.2, 0.25) is 0 Å². The quantitative estimate of drug-likeness (QED) is 0.350. The van der Waals surface area contributed by atoms with Crippen molar-refractivity contribution in [3.05, 3.63) is 70.8 Å². The Bertz CT molecular complexity index is 1380. The van der Waals surface area contributed by atoms with Gasteiger partial charge in [0.2, 0.25) is 5.91 Å². The Morgan fingerprint density at radius 2 is 2.03 bits per heavy atom. The maximum Gasteiger partial charge on any atom is 0.334 e. The normalized spacial score (nSPS) is 17.5. The number of carboxylic acid groups (broad SMARTS) is 1. The molecule has 4 rings (SSSR count). The fourth-order valence-electron chi connectivity index (χ4n) is 4.63. The molecule has 0 bridgehead atoms. The van der Waals surface area contributed by atoms with Crippen molar-refractivity contribution in [2.24, 2.45) is 0 Å². The molecule has 0 saturated carbocycles. The van der Waals surface area contributed by atoms with Gasteiger partial charge in [0, 0.05) is 35.4 Å². The molecule has 1 aromatic carbocycles. The van der Waals surface area contributed by atoms with E-state index in [4.69, 9.17) is 0 Å². The highest BCUT2D eigenvalue weighted by atomic mass is 32.2. The van der Waals surface area contributed by atoms with Crippen molar-refractivity contribution in [3.63, 3.8) is 0 Å². The highest BCUT2D eigenvalue weighted by Gasteiger charge is 2.39. The zero-order valence-electron chi connectivity index (χ0n) is 21.4. The third kappa shape index (κ3) is 5.50. The molecular formula is C27H33N5O4S. The molecular weight excluding hydrogens is 490 g/mol. The summed E-state index contributed by atoms with van der Waals surface area (Å²) < 4.78 is 3.10. The van der Waals surface area contributed by atoms with Crippen molar-refractivity contribution in [2.45, 2.75) is 63.4 Å². The SMILES string of the molecule is C=C(C(=O)N[C@@H](Cc1ccc(-n2c(=O)n(CCCC)c3cccnc32)cc1)C(=O)O)[C@H]1NCSC1(C)C. The Labute approximate surface area is 220 Å². The Hall–Kier alpha value is -3.37. The second kappa shape index (κ2) is 10.9. The molecule has 10 heteroatoms. The molecule has 37 heavy (non-hydrogen) atoms. The number of carbonyl (C=O) groups excluding carboxylic acids is 1. The molecule has 2 aromatic heterocycles. The molecule has 1 saturated heterocycles. The molecule has 0 spiro atoms. The summed E-state index contributed by atoms with van der Waals surface area (Å²) in [5, 5.41) is 15.7. The first kappa shape index (κ1) is 26.7. The lowest BCUT2D eigenvalue weighted by Gasteiger charge is -2.27. The van der Waals surface area contributed by atoms with Crippen molar-refractivity contribution >= 4 is 34.8 Å². The average molecular weight is 524 g/mol. The number of amides is 1. The Morgan fingerprint density at radius 1 is 1.30 bits per heavy atom. The van der Waals surface area contributed by atoms with Crippen LogP contribution < -0.4 is 16.3 Å². The van der Waals surface area contributed by atoms with Gasteiger partial charge in [0.1, 0.15) is 6.04 Å². The van der Waals surface area contributed by atoms with Crippen LogP contribution in [0, 0.1) is 0 Å². The highest BCUT2D eigenvalue weighted by molar-refractivity contribution is 8.00. The molecule has 0 unspecified atom stereocenters. The summed E-state index contributed by atoms with van der Waals surface area (Å²) in [5.74, 6) is -0.901. The number of imidazole rings is 1. The largest absolute Gasteiger partial charge is 0.480 e. The Morgan fingerprint density at radius 3 is 2.65 bits per heavy atom. The van der Waals surface area contributed by atoms with Gasteiger partial charge in [0.15, 0.2) is 5.65 Å². The van der Waals surface area contributed by atoms with Crippen LogP contribution in [0.3, 0.4) is 0 Å². The van der Waals surface area contributed by atoms with Gasteiger partial charge in [-0.2, -0.15) is 0 Å².